The molecule has 0 spiro atoms. The Morgan fingerprint density at radius 2 is 2.00 bits per heavy atom. The van der Waals surface area contributed by atoms with Crippen molar-refractivity contribution in [3.05, 3.63) is 41.1 Å². The Morgan fingerprint density at radius 3 is 2.57 bits per heavy atom. The Kier molecular flexibility index (Phi) is 4.04. The maximum absolute atomic E-state index is 12.2. The summed E-state index contributed by atoms with van der Waals surface area (Å²) < 4.78 is 1.41. The summed E-state index contributed by atoms with van der Waals surface area (Å²) in [5, 5.41) is 11.2. The molecule has 1 heterocycles. The van der Waals surface area contributed by atoms with Crippen molar-refractivity contribution in [2.45, 2.75) is 6.92 Å². The third-order valence-electron chi connectivity index (χ3n) is 2.97. The van der Waals surface area contributed by atoms with E-state index in [1.54, 1.807) is 32.3 Å². The standard InChI is InChI=1S/C15H15ClN2O3/c1-9(19)6-14(20)12-8-18(15(21)17(2)3)13-5-4-10(16)7-11(12)13/h4-8,20H,1-3H3/b14-6-. The number of halogens is 1. The molecule has 0 saturated heterocycles. The first-order chi connectivity index (χ1) is 9.81. The number of hydrogen-bond acceptors (Lipinski definition) is 3. The van der Waals surface area contributed by atoms with Crippen LogP contribution in [0.1, 0.15) is 12.5 Å². The molecule has 2 rings (SSSR count). The number of hydrogen-bond donors (Lipinski definition) is 1. The second-order valence-electron chi connectivity index (χ2n) is 4.89. The van der Waals surface area contributed by atoms with Gasteiger partial charge in [-0.1, -0.05) is 11.6 Å². The third kappa shape index (κ3) is 2.92. The van der Waals surface area contributed by atoms with Crippen molar-refractivity contribution in [1.29, 1.82) is 0 Å². The molecule has 0 radical (unpaired) electrons. The molecule has 110 valence electrons. The van der Waals surface area contributed by atoms with Gasteiger partial charge in [-0.3, -0.25) is 9.36 Å². The number of rotatable bonds is 2. The lowest BCUT2D eigenvalue weighted by Gasteiger charge is -2.11. The van der Waals surface area contributed by atoms with Crippen LogP contribution in [0.25, 0.3) is 16.7 Å². The Balaban J connectivity index is 2.74. The van der Waals surface area contributed by atoms with Crippen LogP contribution in [-0.4, -0.2) is 40.5 Å². The fourth-order valence-electron chi connectivity index (χ4n) is 2.05. The first-order valence-electron chi connectivity index (χ1n) is 6.25. The first-order valence-corrected chi connectivity index (χ1v) is 6.63. The van der Waals surface area contributed by atoms with Crippen molar-refractivity contribution in [2.24, 2.45) is 0 Å². The van der Waals surface area contributed by atoms with Crippen molar-refractivity contribution < 1.29 is 14.7 Å². The largest absolute Gasteiger partial charge is 0.507 e. The normalized spacial score (nSPS) is 11.7. The highest BCUT2D eigenvalue weighted by Crippen LogP contribution is 2.29. The number of fused-ring (bicyclic) bond motifs is 1. The van der Waals surface area contributed by atoms with Gasteiger partial charge < -0.3 is 10.0 Å². The molecule has 1 aromatic heterocycles. The van der Waals surface area contributed by atoms with Crippen LogP contribution in [0.2, 0.25) is 5.02 Å². The lowest BCUT2D eigenvalue weighted by molar-refractivity contribution is -0.112. The van der Waals surface area contributed by atoms with Gasteiger partial charge in [0, 0.05) is 42.3 Å². The Labute approximate surface area is 127 Å². The number of ketones is 1. The molecule has 0 unspecified atom stereocenters. The average Bonchev–Trinajstić information content (AvgIpc) is 2.75. The highest BCUT2D eigenvalue weighted by atomic mass is 35.5. The molecule has 0 saturated carbocycles. The number of nitrogens with zero attached hydrogens (tertiary/aromatic N) is 2. The smallest absolute Gasteiger partial charge is 0.328 e. The number of benzene rings is 1. The summed E-state index contributed by atoms with van der Waals surface area (Å²) in [4.78, 5) is 24.7. The van der Waals surface area contributed by atoms with Gasteiger partial charge in [0.05, 0.1) is 5.52 Å². The van der Waals surface area contributed by atoms with E-state index < -0.39 is 0 Å². The quantitative estimate of drug-likeness (QED) is 0.684. The van der Waals surface area contributed by atoms with Gasteiger partial charge in [-0.05, 0) is 25.1 Å². The summed E-state index contributed by atoms with van der Waals surface area (Å²) in [5.41, 5.74) is 0.995. The summed E-state index contributed by atoms with van der Waals surface area (Å²) >= 11 is 5.98. The first kappa shape index (κ1) is 15.1. The van der Waals surface area contributed by atoms with Crippen LogP contribution in [-0.2, 0) is 4.79 Å². The van der Waals surface area contributed by atoms with E-state index >= 15 is 0 Å². The van der Waals surface area contributed by atoms with Gasteiger partial charge in [0.15, 0.2) is 5.78 Å². The zero-order chi connectivity index (χ0) is 15.7. The highest BCUT2D eigenvalue weighted by molar-refractivity contribution is 6.31. The minimum Gasteiger partial charge on any atom is -0.507 e. The third-order valence-corrected chi connectivity index (χ3v) is 3.21. The highest BCUT2D eigenvalue weighted by Gasteiger charge is 2.17. The Morgan fingerprint density at radius 1 is 1.33 bits per heavy atom. The minimum atomic E-state index is -0.283. The van der Waals surface area contributed by atoms with Crippen molar-refractivity contribution in [2.75, 3.05) is 14.1 Å². The zero-order valence-electron chi connectivity index (χ0n) is 11.9. The molecule has 0 atom stereocenters. The SMILES string of the molecule is CC(=O)/C=C(\O)c1cn(C(=O)N(C)C)c2ccc(Cl)cc12. The van der Waals surface area contributed by atoms with Gasteiger partial charge in [-0.2, -0.15) is 0 Å². The van der Waals surface area contributed by atoms with Gasteiger partial charge in [0.1, 0.15) is 5.76 Å². The number of aliphatic hydroxyl groups excluding tert-OH is 1. The number of amides is 1. The van der Waals surface area contributed by atoms with Crippen molar-refractivity contribution in [1.82, 2.24) is 9.47 Å². The maximum Gasteiger partial charge on any atom is 0.328 e. The lowest BCUT2D eigenvalue weighted by Crippen LogP contribution is -2.26. The molecule has 1 amide bonds. The molecule has 0 aliphatic rings. The molecule has 6 heteroatoms. The van der Waals surface area contributed by atoms with E-state index in [0.29, 0.717) is 21.5 Å². The van der Waals surface area contributed by atoms with E-state index in [4.69, 9.17) is 11.6 Å². The molecule has 0 fully saturated rings. The molecule has 1 N–H and O–H groups in total. The number of allylic oxidation sites excluding steroid dienone is 1. The fraction of sp³-hybridized carbons (Fsp3) is 0.200. The maximum atomic E-state index is 12.2. The molecule has 5 nitrogen and oxygen atoms in total. The summed E-state index contributed by atoms with van der Waals surface area (Å²) in [6, 6.07) is 4.75. The molecule has 0 aliphatic heterocycles. The van der Waals surface area contributed by atoms with Crippen LogP contribution in [0.5, 0.6) is 0 Å². The van der Waals surface area contributed by atoms with E-state index in [1.165, 1.54) is 22.6 Å². The van der Waals surface area contributed by atoms with Crippen LogP contribution in [0, 0.1) is 0 Å². The predicted octanol–water partition coefficient (Wildman–Crippen LogP) is 3.31. The van der Waals surface area contributed by atoms with E-state index in [9.17, 15) is 14.7 Å². The lowest BCUT2D eigenvalue weighted by atomic mass is 10.1. The molecule has 0 aliphatic carbocycles. The van der Waals surface area contributed by atoms with E-state index in [2.05, 4.69) is 0 Å². The number of aromatic nitrogens is 1. The van der Waals surface area contributed by atoms with Gasteiger partial charge in [-0.15, -0.1) is 0 Å². The van der Waals surface area contributed by atoms with E-state index in [1.807, 2.05) is 0 Å². The van der Waals surface area contributed by atoms with Gasteiger partial charge >= 0.3 is 6.03 Å². The molecule has 1 aromatic carbocycles. The van der Waals surface area contributed by atoms with E-state index in [0.717, 1.165) is 6.08 Å². The van der Waals surface area contributed by atoms with E-state index in [-0.39, 0.29) is 17.6 Å². The topological polar surface area (TPSA) is 62.5 Å². The van der Waals surface area contributed by atoms with Gasteiger partial charge in [-0.25, -0.2) is 4.79 Å². The summed E-state index contributed by atoms with van der Waals surface area (Å²) in [5.74, 6) is -0.477. The molecule has 21 heavy (non-hydrogen) atoms. The monoisotopic (exact) mass is 306 g/mol. The van der Waals surface area contributed by atoms with Crippen molar-refractivity contribution in [3.8, 4) is 0 Å². The van der Waals surface area contributed by atoms with Gasteiger partial charge in [0.2, 0.25) is 0 Å². The van der Waals surface area contributed by atoms with Crippen LogP contribution < -0.4 is 0 Å². The van der Waals surface area contributed by atoms with Crippen molar-refractivity contribution in [3.63, 3.8) is 0 Å². The minimum absolute atomic E-state index is 0.194. The van der Waals surface area contributed by atoms with Crippen molar-refractivity contribution >= 4 is 40.1 Å². The summed E-state index contributed by atoms with van der Waals surface area (Å²) in [6.45, 7) is 1.34. The van der Waals surface area contributed by atoms with Crippen LogP contribution in [0.3, 0.4) is 0 Å². The van der Waals surface area contributed by atoms with Crippen LogP contribution in [0.4, 0.5) is 4.79 Å². The number of aliphatic hydroxyl groups is 1. The summed E-state index contributed by atoms with van der Waals surface area (Å²) in [6.07, 6.45) is 2.61. The second-order valence-corrected chi connectivity index (χ2v) is 5.33. The van der Waals surface area contributed by atoms with Gasteiger partial charge in [0.25, 0.3) is 0 Å². The molecular formula is C15H15ClN2O3. The molecule has 0 bridgehead atoms. The average molecular weight is 307 g/mol. The number of carbonyl (C=O) groups excluding carboxylic acids is 2. The number of carbonyl (C=O) groups is 2. The summed E-state index contributed by atoms with van der Waals surface area (Å²) in [7, 11) is 3.27. The van der Waals surface area contributed by atoms with Crippen LogP contribution in [0.15, 0.2) is 30.5 Å². The molecule has 2 aromatic rings. The fourth-order valence-corrected chi connectivity index (χ4v) is 2.22. The predicted molar refractivity (Wildman–Crippen MR) is 82.7 cm³/mol. The second kappa shape index (κ2) is 5.61. The Hall–Kier alpha value is -2.27. The zero-order valence-corrected chi connectivity index (χ0v) is 12.7. The van der Waals surface area contributed by atoms with Crippen LogP contribution >= 0.6 is 11.6 Å². The Bertz CT molecular complexity index is 760. The molecular weight excluding hydrogens is 292 g/mol.